The number of carbonyl (C=O) groups is 2. The van der Waals surface area contributed by atoms with Crippen LogP contribution in [0.15, 0.2) is 65.7 Å². The Labute approximate surface area is 207 Å². The van der Waals surface area contributed by atoms with Gasteiger partial charge in [0.05, 0.1) is 35.4 Å². The summed E-state index contributed by atoms with van der Waals surface area (Å²) in [5.41, 5.74) is 3.09. The third kappa shape index (κ3) is 5.37. The average molecular weight is 493 g/mol. The molecular weight excluding hydrogens is 470 g/mol. The molecule has 174 valence electrons. The Bertz CT molecular complexity index is 1250. The Morgan fingerprint density at radius 3 is 2.53 bits per heavy atom. The summed E-state index contributed by atoms with van der Waals surface area (Å²) in [6, 6.07) is 17.3. The number of hydrogen-bond acceptors (Lipinski definition) is 7. The number of thiocarbonyl (C=S) groups is 1. The predicted molar refractivity (Wildman–Crippen MR) is 134 cm³/mol. The third-order valence-electron chi connectivity index (χ3n) is 4.92. The maximum absolute atomic E-state index is 12.8. The predicted octanol–water partition coefficient (Wildman–Crippen LogP) is 3.53. The molecule has 2 heterocycles. The summed E-state index contributed by atoms with van der Waals surface area (Å²) in [6.07, 6.45) is 3.53. The van der Waals surface area contributed by atoms with Gasteiger partial charge in [-0.25, -0.2) is 4.68 Å². The molecule has 0 radical (unpaired) electrons. The van der Waals surface area contributed by atoms with E-state index in [0.29, 0.717) is 28.7 Å². The molecule has 3 aromatic rings. The lowest BCUT2D eigenvalue weighted by Crippen LogP contribution is -2.40. The van der Waals surface area contributed by atoms with Crippen LogP contribution in [0.3, 0.4) is 0 Å². The van der Waals surface area contributed by atoms with Gasteiger partial charge in [-0.15, -0.1) is 0 Å². The summed E-state index contributed by atoms with van der Waals surface area (Å²) in [5, 5.41) is 15.8. The molecule has 0 spiro atoms. The standard InChI is InChI=1S/C25H23N3O4S2/c1-16(2)15-32-20-10-8-17(9-11-20)23-18(13-28(26-23)19-6-4-3-5-7-19)12-21-24(31)27(14-22(29)30)25(33)34-21/h3-13,16H,14-15H2,1-2H3,(H,29,30)/p-1. The van der Waals surface area contributed by atoms with Gasteiger partial charge in [0.15, 0.2) is 0 Å². The molecule has 0 saturated carbocycles. The Kier molecular flexibility index (Phi) is 7.14. The molecular formula is C25H22N3O4S2-. The number of ether oxygens (including phenoxy) is 1. The van der Waals surface area contributed by atoms with Crippen LogP contribution in [0.4, 0.5) is 0 Å². The van der Waals surface area contributed by atoms with Gasteiger partial charge in [0.25, 0.3) is 5.91 Å². The molecule has 1 aliphatic heterocycles. The number of para-hydroxylation sites is 1. The molecule has 1 saturated heterocycles. The zero-order chi connectivity index (χ0) is 24.2. The van der Waals surface area contributed by atoms with Crippen molar-refractivity contribution in [2.24, 2.45) is 5.92 Å². The molecule has 7 nitrogen and oxygen atoms in total. The van der Waals surface area contributed by atoms with E-state index in [0.717, 1.165) is 33.7 Å². The minimum absolute atomic E-state index is 0.184. The number of thioether (sulfide) groups is 1. The van der Waals surface area contributed by atoms with Gasteiger partial charge >= 0.3 is 0 Å². The van der Waals surface area contributed by atoms with Crippen molar-refractivity contribution >= 4 is 46.3 Å². The zero-order valence-corrected chi connectivity index (χ0v) is 20.3. The molecule has 0 aliphatic carbocycles. The second-order valence-electron chi connectivity index (χ2n) is 8.08. The lowest BCUT2D eigenvalue weighted by molar-refractivity contribution is -0.305. The average Bonchev–Trinajstić information content (AvgIpc) is 3.35. The van der Waals surface area contributed by atoms with Crippen molar-refractivity contribution in [2.45, 2.75) is 13.8 Å². The van der Waals surface area contributed by atoms with Gasteiger partial charge in [-0.05, 0) is 48.4 Å². The van der Waals surface area contributed by atoms with Crippen molar-refractivity contribution in [1.82, 2.24) is 14.7 Å². The second kappa shape index (κ2) is 10.2. The van der Waals surface area contributed by atoms with E-state index in [2.05, 4.69) is 13.8 Å². The van der Waals surface area contributed by atoms with Crippen molar-refractivity contribution < 1.29 is 19.4 Å². The fourth-order valence-corrected chi connectivity index (χ4v) is 4.55. The van der Waals surface area contributed by atoms with Crippen molar-refractivity contribution in [3.05, 3.63) is 71.3 Å². The summed E-state index contributed by atoms with van der Waals surface area (Å²) in [7, 11) is 0. The molecule has 1 aromatic heterocycles. The van der Waals surface area contributed by atoms with Crippen LogP contribution in [0.2, 0.25) is 0 Å². The van der Waals surface area contributed by atoms with Gasteiger partial charge < -0.3 is 14.6 Å². The number of carboxylic acid groups (broad SMARTS) is 1. The van der Waals surface area contributed by atoms with Gasteiger partial charge in [0, 0.05) is 17.3 Å². The van der Waals surface area contributed by atoms with Crippen molar-refractivity contribution in [3.8, 4) is 22.7 Å². The zero-order valence-electron chi connectivity index (χ0n) is 18.6. The highest BCUT2D eigenvalue weighted by molar-refractivity contribution is 8.26. The molecule has 9 heteroatoms. The van der Waals surface area contributed by atoms with Crippen LogP contribution in [0.25, 0.3) is 23.0 Å². The Balaban J connectivity index is 1.71. The fourth-order valence-electron chi connectivity index (χ4n) is 3.31. The summed E-state index contributed by atoms with van der Waals surface area (Å²) >= 11 is 6.26. The molecule has 1 aliphatic rings. The normalized spacial score (nSPS) is 14.9. The van der Waals surface area contributed by atoms with Crippen LogP contribution in [0.5, 0.6) is 5.75 Å². The smallest absolute Gasteiger partial charge is 0.266 e. The number of hydrogen-bond donors (Lipinski definition) is 0. The topological polar surface area (TPSA) is 87.5 Å². The number of aliphatic carboxylic acids is 1. The minimum atomic E-state index is -1.37. The van der Waals surface area contributed by atoms with Gasteiger partial charge in [0.1, 0.15) is 10.1 Å². The highest BCUT2D eigenvalue weighted by Crippen LogP contribution is 2.35. The van der Waals surface area contributed by atoms with Gasteiger partial charge in [0.2, 0.25) is 0 Å². The molecule has 4 rings (SSSR count). The van der Waals surface area contributed by atoms with E-state index in [1.807, 2.05) is 60.8 Å². The Hall–Kier alpha value is -3.43. The maximum Gasteiger partial charge on any atom is 0.266 e. The molecule has 34 heavy (non-hydrogen) atoms. The second-order valence-corrected chi connectivity index (χ2v) is 9.76. The molecule has 0 bridgehead atoms. The van der Waals surface area contributed by atoms with Crippen LogP contribution in [0, 0.1) is 5.92 Å². The summed E-state index contributed by atoms with van der Waals surface area (Å²) < 4.78 is 7.71. The molecule has 2 aromatic carbocycles. The number of benzene rings is 2. The third-order valence-corrected chi connectivity index (χ3v) is 6.30. The summed E-state index contributed by atoms with van der Waals surface area (Å²) in [6.45, 7) is 4.23. The van der Waals surface area contributed by atoms with E-state index in [1.54, 1.807) is 10.8 Å². The number of carboxylic acids is 1. The van der Waals surface area contributed by atoms with E-state index in [1.165, 1.54) is 0 Å². The first-order valence-corrected chi connectivity index (χ1v) is 11.9. The van der Waals surface area contributed by atoms with Crippen LogP contribution in [0.1, 0.15) is 19.4 Å². The van der Waals surface area contributed by atoms with Crippen LogP contribution in [-0.4, -0.2) is 44.0 Å². The quantitative estimate of drug-likeness (QED) is 0.351. The first-order valence-electron chi connectivity index (χ1n) is 10.7. The van der Waals surface area contributed by atoms with Crippen LogP contribution < -0.4 is 9.84 Å². The van der Waals surface area contributed by atoms with Gasteiger partial charge in [-0.1, -0.05) is 56.0 Å². The van der Waals surface area contributed by atoms with E-state index < -0.39 is 18.4 Å². The van der Waals surface area contributed by atoms with Crippen LogP contribution in [-0.2, 0) is 9.59 Å². The van der Waals surface area contributed by atoms with E-state index in [4.69, 9.17) is 22.1 Å². The molecule has 0 atom stereocenters. The number of nitrogens with zero attached hydrogens (tertiary/aromatic N) is 3. The monoisotopic (exact) mass is 492 g/mol. The molecule has 0 unspecified atom stereocenters. The molecule has 1 fully saturated rings. The van der Waals surface area contributed by atoms with Crippen LogP contribution >= 0.6 is 24.0 Å². The fraction of sp³-hybridized carbons (Fsp3) is 0.200. The largest absolute Gasteiger partial charge is 0.548 e. The van der Waals surface area contributed by atoms with Crippen molar-refractivity contribution in [1.29, 1.82) is 0 Å². The Morgan fingerprint density at radius 2 is 1.88 bits per heavy atom. The lowest BCUT2D eigenvalue weighted by Gasteiger charge is -2.14. The Morgan fingerprint density at radius 1 is 1.18 bits per heavy atom. The molecule has 1 amide bonds. The lowest BCUT2D eigenvalue weighted by atomic mass is 10.1. The maximum atomic E-state index is 12.8. The van der Waals surface area contributed by atoms with Gasteiger partial charge in [-0.3, -0.25) is 9.69 Å². The van der Waals surface area contributed by atoms with Crippen molar-refractivity contribution in [3.63, 3.8) is 0 Å². The highest BCUT2D eigenvalue weighted by atomic mass is 32.2. The van der Waals surface area contributed by atoms with Gasteiger partial charge in [-0.2, -0.15) is 5.10 Å². The first kappa shape index (κ1) is 23.7. The molecule has 0 N–H and O–H groups in total. The minimum Gasteiger partial charge on any atom is -0.548 e. The highest BCUT2D eigenvalue weighted by Gasteiger charge is 2.32. The van der Waals surface area contributed by atoms with Crippen molar-refractivity contribution in [2.75, 3.05) is 13.2 Å². The number of carbonyl (C=O) groups excluding carboxylic acids is 2. The first-order chi connectivity index (χ1) is 16.3. The number of rotatable bonds is 8. The SMILES string of the molecule is CC(C)COc1ccc(-c2nn(-c3ccccc3)cc2C=C2SC(=S)N(CC(=O)[O-])C2=O)cc1. The van der Waals surface area contributed by atoms with E-state index in [-0.39, 0.29) is 4.32 Å². The summed E-state index contributed by atoms with van der Waals surface area (Å²) in [4.78, 5) is 25.1. The number of amides is 1. The summed E-state index contributed by atoms with van der Waals surface area (Å²) in [5.74, 6) is -0.641. The van der Waals surface area contributed by atoms with E-state index >= 15 is 0 Å². The number of aromatic nitrogens is 2. The van der Waals surface area contributed by atoms with E-state index in [9.17, 15) is 14.7 Å².